The maximum Gasteiger partial charge on any atom is 0.299 e. The maximum absolute atomic E-state index is 8.67. The molecular weight excluding hydrogens is 116 g/mol. The minimum Gasteiger partial charge on any atom is -0.284 e. The molecule has 0 aromatic heterocycles. The standard InChI is InChI=1S/ClH.H2O3S/c;1-4(2)3/h1H;(H2,1,2,3). The molecule has 0 aromatic carbocycles. The van der Waals surface area contributed by atoms with Crippen molar-refractivity contribution in [2.75, 3.05) is 0 Å². The molecule has 0 atom stereocenters. The van der Waals surface area contributed by atoms with Gasteiger partial charge >= 0.3 is 0 Å². The monoisotopic (exact) mass is 118 g/mol. The zero-order chi connectivity index (χ0) is 3.58. The largest absolute Gasteiger partial charge is 0.299 e. The van der Waals surface area contributed by atoms with E-state index in [9.17, 15) is 0 Å². The molecule has 0 aliphatic heterocycles. The lowest BCUT2D eigenvalue weighted by atomic mass is 15.8. The zero-order valence-electron chi connectivity index (χ0n) is 2.12. The highest BCUT2D eigenvalue weighted by atomic mass is 35.5. The lowest BCUT2D eigenvalue weighted by Gasteiger charge is -1.59. The average Bonchev–Trinajstić information content (AvgIpc) is 0.811. The molecule has 0 fully saturated rings. The lowest BCUT2D eigenvalue weighted by Crippen LogP contribution is -1.74. The number of hydrogen-bond donors (Lipinski definition) is 2. The van der Waals surface area contributed by atoms with Crippen molar-refractivity contribution < 1.29 is 13.3 Å². The fourth-order valence-electron chi connectivity index (χ4n) is 0. The first-order chi connectivity index (χ1) is 1.73. The van der Waals surface area contributed by atoms with Crippen molar-refractivity contribution in [2.45, 2.75) is 0 Å². The van der Waals surface area contributed by atoms with Crippen LogP contribution in [0.15, 0.2) is 0 Å². The van der Waals surface area contributed by atoms with Crippen LogP contribution in [0.25, 0.3) is 0 Å². The van der Waals surface area contributed by atoms with Gasteiger partial charge in [-0.15, -0.1) is 12.4 Å². The van der Waals surface area contributed by atoms with E-state index in [4.69, 9.17) is 13.3 Å². The summed E-state index contributed by atoms with van der Waals surface area (Å²) in [5.74, 6) is 0. The molecule has 0 radical (unpaired) electrons. The smallest absolute Gasteiger partial charge is 0.284 e. The second-order valence-electron chi connectivity index (χ2n) is 0.231. The highest BCUT2D eigenvalue weighted by molar-refractivity contribution is 7.73. The molecule has 0 aliphatic carbocycles. The molecule has 0 spiro atoms. The fourth-order valence-corrected chi connectivity index (χ4v) is 0. The van der Waals surface area contributed by atoms with Crippen molar-refractivity contribution in [3.63, 3.8) is 0 Å². The molecule has 0 aliphatic rings. The van der Waals surface area contributed by atoms with Crippen LogP contribution in [0.2, 0.25) is 0 Å². The summed E-state index contributed by atoms with van der Waals surface area (Å²) < 4.78 is 22.8. The zero-order valence-corrected chi connectivity index (χ0v) is 3.75. The van der Waals surface area contributed by atoms with E-state index in [0.29, 0.717) is 0 Å². The molecule has 5 heteroatoms. The van der Waals surface area contributed by atoms with Gasteiger partial charge in [-0.1, -0.05) is 0 Å². The Hall–Kier alpha value is 0.360. The first-order valence-corrected chi connectivity index (χ1v) is 1.60. The molecule has 0 aromatic rings. The summed E-state index contributed by atoms with van der Waals surface area (Å²) in [7, 11) is 0. The Kier molecular flexibility index (Phi) is 7.87. The van der Waals surface area contributed by atoms with Crippen LogP contribution in [-0.2, 0) is 11.4 Å². The first-order valence-electron chi connectivity index (χ1n) is 0.532. The third-order valence-corrected chi connectivity index (χ3v) is 0. The number of halogens is 1. The molecular formula is H3ClO3S. The predicted octanol–water partition coefficient (Wildman–Crippen LogP) is 0.103. The Balaban J connectivity index is 0. The van der Waals surface area contributed by atoms with Gasteiger partial charge in [0, 0.05) is 0 Å². The van der Waals surface area contributed by atoms with Crippen LogP contribution < -0.4 is 0 Å². The Morgan fingerprint density at radius 2 is 1.40 bits per heavy atom. The van der Waals surface area contributed by atoms with E-state index in [0.717, 1.165) is 0 Å². The van der Waals surface area contributed by atoms with E-state index in [2.05, 4.69) is 0 Å². The maximum atomic E-state index is 8.67. The first kappa shape index (κ1) is 9.03. The normalized spacial score (nSPS) is 7.00. The Morgan fingerprint density at radius 1 is 1.40 bits per heavy atom. The average molecular weight is 119 g/mol. The van der Waals surface area contributed by atoms with Crippen LogP contribution in [-0.4, -0.2) is 13.3 Å². The molecule has 0 saturated carbocycles. The molecule has 34 valence electrons. The van der Waals surface area contributed by atoms with Crippen molar-refractivity contribution in [3.05, 3.63) is 0 Å². The molecule has 0 saturated heterocycles. The summed E-state index contributed by atoms with van der Waals surface area (Å²) in [5, 5.41) is 0. The van der Waals surface area contributed by atoms with Crippen molar-refractivity contribution in [1.82, 2.24) is 0 Å². The third kappa shape index (κ3) is 187. The van der Waals surface area contributed by atoms with E-state index in [-0.39, 0.29) is 12.4 Å². The van der Waals surface area contributed by atoms with Crippen LogP contribution >= 0.6 is 12.4 Å². The van der Waals surface area contributed by atoms with E-state index in [1.54, 1.807) is 0 Å². The number of rotatable bonds is 0. The molecule has 0 heterocycles. The SMILES string of the molecule is Cl.O=S(O)O. The molecule has 5 heavy (non-hydrogen) atoms. The molecule has 0 bridgehead atoms. The highest BCUT2D eigenvalue weighted by Gasteiger charge is 1.62. The van der Waals surface area contributed by atoms with Crippen molar-refractivity contribution in [1.29, 1.82) is 0 Å². The summed E-state index contributed by atoms with van der Waals surface area (Å²) in [5.41, 5.74) is 0. The summed E-state index contributed by atoms with van der Waals surface area (Å²) >= 11 is -2.61. The van der Waals surface area contributed by atoms with Gasteiger partial charge in [0.25, 0.3) is 11.4 Å². The quantitative estimate of drug-likeness (QED) is 0.444. The van der Waals surface area contributed by atoms with Gasteiger partial charge in [-0.25, -0.2) is 0 Å². The van der Waals surface area contributed by atoms with Gasteiger partial charge in [0.05, 0.1) is 0 Å². The molecule has 2 N–H and O–H groups in total. The van der Waals surface area contributed by atoms with Gasteiger partial charge in [-0.3, -0.25) is 9.11 Å². The number of hydrogen-bond acceptors (Lipinski definition) is 1. The van der Waals surface area contributed by atoms with Crippen molar-refractivity contribution in [2.24, 2.45) is 0 Å². The van der Waals surface area contributed by atoms with Gasteiger partial charge in [-0.2, -0.15) is 4.21 Å². The van der Waals surface area contributed by atoms with Gasteiger partial charge < -0.3 is 0 Å². The van der Waals surface area contributed by atoms with Gasteiger partial charge in [0.15, 0.2) is 0 Å². The molecule has 3 nitrogen and oxygen atoms in total. The minimum atomic E-state index is -2.61. The lowest BCUT2D eigenvalue weighted by molar-refractivity contribution is 0.454. The molecule has 0 rings (SSSR count). The highest BCUT2D eigenvalue weighted by Crippen LogP contribution is 1.44. The summed E-state index contributed by atoms with van der Waals surface area (Å²) in [4.78, 5) is 0. The third-order valence-electron chi connectivity index (χ3n) is 0. The Bertz CT molecular complexity index is 29.9. The van der Waals surface area contributed by atoms with E-state index in [1.807, 2.05) is 0 Å². The molecule has 0 amide bonds. The Morgan fingerprint density at radius 3 is 1.40 bits per heavy atom. The van der Waals surface area contributed by atoms with Gasteiger partial charge in [-0.05, 0) is 0 Å². The summed E-state index contributed by atoms with van der Waals surface area (Å²) in [6.45, 7) is 0. The van der Waals surface area contributed by atoms with Crippen LogP contribution in [0.4, 0.5) is 0 Å². The van der Waals surface area contributed by atoms with Crippen LogP contribution in [0.5, 0.6) is 0 Å². The van der Waals surface area contributed by atoms with Gasteiger partial charge in [0.1, 0.15) is 0 Å². The van der Waals surface area contributed by atoms with Gasteiger partial charge in [0.2, 0.25) is 0 Å². The van der Waals surface area contributed by atoms with Crippen molar-refractivity contribution >= 4 is 23.8 Å². The summed E-state index contributed by atoms with van der Waals surface area (Å²) in [6, 6.07) is 0. The van der Waals surface area contributed by atoms with E-state index < -0.39 is 11.4 Å². The second-order valence-corrected chi connectivity index (χ2v) is 0.692. The minimum absolute atomic E-state index is 0. The second kappa shape index (κ2) is 4.36. The van der Waals surface area contributed by atoms with E-state index in [1.165, 1.54) is 0 Å². The van der Waals surface area contributed by atoms with Crippen LogP contribution in [0.1, 0.15) is 0 Å². The van der Waals surface area contributed by atoms with Crippen LogP contribution in [0.3, 0.4) is 0 Å². The van der Waals surface area contributed by atoms with E-state index >= 15 is 0 Å². The Labute approximate surface area is 37.9 Å². The van der Waals surface area contributed by atoms with Crippen molar-refractivity contribution in [3.8, 4) is 0 Å². The fraction of sp³-hybridized carbons (Fsp3) is 0. The summed E-state index contributed by atoms with van der Waals surface area (Å²) in [6.07, 6.45) is 0. The molecule has 0 unspecified atom stereocenters. The topological polar surface area (TPSA) is 57.5 Å². The van der Waals surface area contributed by atoms with Crippen LogP contribution in [0, 0.1) is 0 Å². The predicted molar refractivity (Wildman–Crippen MR) is 20.6 cm³/mol.